The number of nitrogens with one attached hydrogen (secondary N) is 2. The summed E-state index contributed by atoms with van der Waals surface area (Å²) < 4.78 is 13.4. The Morgan fingerprint density at radius 3 is 2.45 bits per heavy atom. The molecule has 102 valence electrons. The first kappa shape index (κ1) is 14.1. The summed E-state index contributed by atoms with van der Waals surface area (Å²) in [6.45, 7) is 1.84. The standard InChI is InChI=1S/C15H13FN2OS/c1-10-6-2-3-7-11(10)14(19)18-15(20)17-13-9-5-4-8-12(13)16/h2-9H,1H3,(H2,17,18,19,20). The summed E-state index contributed by atoms with van der Waals surface area (Å²) in [4.78, 5) is 12.0. The molecule has 0 radical (unpaired) electrons. The zero-order valence-electron chi connectivity index (χ0n) is 10.8. The molecule has 0 aliphatic carbocycles. The van der Waals surface area contributed by atoms with Crippen molar-refractivity contribution in [3.63, 3.8) is 0 Å². The van der Waals surface area contributed by atoms with Crippen LogP contribution in [0.25, 0.3) is 0 Å². The van der Waals surface area contributed by atoms with Gasteiger partial charge in [0.25, 0.3) is 5.91 Å². The van der Waals surface area contributed by atoms with Crippen LogP contribution in [0.1, 0.15) is 15.9 Å². The van der Waals surface area contributed by atoms with E-state index in [9.17, 15) is 9.18 Å². The average molecular weight is 288 g/mol. The maximum absolute atomic E-state index is 13.4. The van der Waals surface area contributed by atoms with Gasteiger partial charge in [-0.3, -0.25) is 10.1 Å². The van der Waals surface area contributed by atoms with Gasteiger partial charge in [-0.2, -0.15) is 0 Å². The largest absolute Gasteiger partial charge is 0.330 e. The van der Waals surface area contributed by atoms with Gasteiger partial charge >= 0.3 is 0 Å². The highest BCUT2D eigenvalue weighted by Crippen LogP contribution is 2.12. The van der Waals surface area contributed by atoms with Crippen LogP contribution in [0.15, 0.2) is 48.5 Å². The van der Waals surface area contributed by atoms with Crippen LogP contribution in [-0.2, 0) is 0 Å². The second-order valence-electron chi connectivity index (χ2n) is 4.20. The zero-order chi connectivity index (χ0) is 14.5. The first-order valence-electron chi connectivity index (χ1n) is 6.00. The Morgan fingerprint density at radius 1 is 1.10 bits per heavy atom. The molecule has 5 heteroatoms. The van der Waals surface area contributed by atoms with Crippen molar-refractivity contribution in [2.75, 3.05) is 5.32 Å². The Bertz CT molecular complexity index is 658. The van der Waals surface area contributed by atoms with Gasteiger partial charge in [0, 0.05) is 5.56 Å². The fourth-order valence-electron chi connectivity index (χ4n) is 1.71. The molecule has 0 unspecified atom stereocenters. The monoisotopic (exact) mass is 288 g/mol. The molecular formula is C15H13FN2OS. The highest BCUT2D eigenvalue weighted by atomic mass is 32.1. The summed E-state index contributed by atoms with van der Waals surface area (Å²) in [7, 11) is 0. The van der Waals surface area contributed by atoms with Gasteiger partial charge in [0.1, 0.15) is 5.82 Å². The second kappa shape index (κ2) is 6.25. The number of anilines is 1. The van der Waals surface area contributed by atoms with Crippen molar-refractivity contribution in [3.05, 3.63) is 65.5 Å². The third-order valence-electron chi connectivity index (χ3n) is 2.74. The van der Waals surface area contributed by atoms with E-state index in [1.165, 1.54) is 6.07 Å². The molecule has 2 rings (SSSR count). The molecule has 1 amide bonds. The van der Waals surface area contributed by atoms with E-state index in [0.717, 1.165) is 5.56 Å². The molecule has 0 aliphatic rings. The van der Waals surface area contributed by atoms with Crippen molar-refractivity contribution in [2.24, 2.45) is 0 Å². The van der Waals surface area contributed by atoms with Gasteiger partial charge in [-0.1, -0.05) is 30.3 Å². The predicted molar refractivity (Wildman–Crippen MR) is 81.3 cm³/mol. The molecule has 0 fully saturated rings. The number of para-hydroxylation sites is 1. The van der Waals surface area contributed by atoms with Crippen molar-refractivity contribution in [3.8, 4) is 0 Å². The van der Waals surface area contributed by atoms with Gasteiger partial charge in [-0.05, 0) is 42.9 Å². The van der Waals surface area contributed by atoms with Crippen molar-refractivity contribution in [1.82, 2.24) is 5.32 Å². The molecule has 2 N–H and O–H groups in total. The third kappa shape index (κ3) is 3.39. The number of hydrogen-bond donors (Lipinski definition) is 2. The lowest BCUT2D eigenvalue weighted by Gasteiger charge is -2.11. The first-order chi connectivity index (χ1) is 9.58. The van der Waals surface area contributed by atoms with Crippen molar-refractivity contribution < 1.29 is 9.18 Å². The summed E-state index contributed by atoms with van der Waals surface area (Å²) in [5, 5.41) is 5.24. The number of hydrogen-bond acceptors (Lipinski definition) is 2. The van der Waals surface area contributed by atoms with E-state index in [2.05, 4.69) is 10.6 Å². The van der Waals surface area contributed by atoms with E-state index in [0.29, 0.717) is 5.56 Å². The number of rotatable bonds is 2. The number of benzene rings is 2. The van der Waals surface area contributed by atoms with E-state index in [1.54, 1.807) is 30.3 Å². The van der Waals surface area contributed by atoms with Gasteiger partial charge in [0.15, 0.2) is 5.11 Å². The Morgan fingerprint density at radius 2 is 1.75 bits per heavy atom. The fourth-order valence-corrected chi connectivity index (χ4v) is 1.92. The number of amides is 1. The molecule has 0 spiro atoms. The van der Waals surface area contributed by atoms with Gasteiger partial charge in [0.05, 0.1) is 5.69 Å². The smallest absolute Gasteiger partial charge is 0.257 e. The van der Waals surface area contributed by atoms with Gasteiger partial charge in [0.2, 0.25) is 0 Å². The Hall–Kier alpha value is -2.27. The van der Waals surface area contributed by atoms with Crippen LogP contribution in [0.5, 0.6) is 0 Å². The van der Waals surface area contributed by atoms with Crippen LogP contribution >= 0.6 is 12.2 Å². The summed E-state index contributed by atoms with van der Waals surface area (Å²) in [6.07, 6.45) is 0. The minimum atomic E-state index is -0.431. The van der Waals surface area contributed by atoms with Crippen LogP contribution in [0.2, 0.25) is 0 Å². The quantitative estimate of drug-likeness (QED) is 0.833. The zero-order valence-corrected chi connectivity index (χ0v) is 11.6. The highest BCUT2D eigenvalue weighted by molar-refractivity contribution is 7.80. The molecule has 0 atom stereocenters. The highest BCUT2D eigenvalue weighted by Gasteiger charge is 2.10. The molecule has 0 saturated carbocycles. The molecule has 3 nitrogen and oxygen atoms in total. The van der Waals surface area contributed by atoms with Crippen molar-refractivity contribution in [1.29, 1.82) is 0 Å². The molecule has 0 aliphatic heterocycles. The Balaban J connectivity index is 2.04. The second-order valence-corrected chi connectivity index (χ2v) is 4.61. The van der Waals surface area contributed by atoms with Gasteiger partial charge < -0.3 is 5.32 Å². The number of halogens is 1. The number of carbonyl (C=O) groups excluding carboxylic acids is 1. The summed E-state index contributed by atoms with van der Waals surface area (Å²) >= 11 is 5.01. The van der Waals surface area contributed by atoms with Crippen LogP contribution < -0.4 is 10.6 Å². The fraction of sp³-hybridized carbons (Fsp3) is 0.0667. The van der Waals surface area contributed by atoms with E-state index in [1.807, 2.05) is 19.1 Å². The molecule has 0 saturated heterocycles. The van der Waals surface area contributed by atoms with E-state index in [4.69, 9.17) is 12.2 Å². The summed E-state index contributed by atoms with van der Waals surface area (Å²) in [6, 6.07) is 13.3. The third-order valence-corrected chi connectivity index (χ3v) is 2.94. The molecule has 2 aromatic rings. The predicted octanol–water partition coefficient (Wildman–Crippen LogP) is 3.26. The molecule has 2 aromatic carbocycles. The van der Waals surface area contributed by atoms with E-state index < -0.39 is 5.82 Å². The molecular weight excluding hydrogens is 275 g/mol. The minimum absolute atomic E-state index is 0.0587. The van der Waals surface area contributed by atoms with Gasteiger partial charge in [-0.15, -0.1) is 0 Å². The summed E-state index contributed by atoms with van der Waals surface area (Å²) in [5.41, 5.74) is 1.60. The van der Waals surface area contributed by atoms with Crippen molar-refractivity contribution in [2.45, 2.75) is 6.92 Å². The lowest BCUT2D eigenvalue weighted by Crippen LogP contribution is -2.34. The SMILES string of the molecule is Cc1ccccc1C(=O)NC(=S)Nc1ccccc1F. The average Bonchev–Trinajstić information content (AvgIpc) is 2.41. The summed E-state index contributed by atoms with van der Waals surface area (Å²) in [5.74, 6) is -0.753. The molecule has 20 heavy (non-hydrogen) atoms. The van der Waals surface area contributed by atoms with E-state index >= 15 is 0 Å². The minimum Gasteiger partial charge on any atom is -0.330 e. The molecule has 0 heterocycles. The maximum Gasteiger partial charge on any atom is 0.257 e. The number of thiocarbonyl (C=S) groups is 1. The van der Waals surface area contributed by atoms with Crippen LogP contribution in [0.3, 0.4) is 0 Å². The molecule has 0 bridgehead atoms. The molecule has 0 aromatic heterocycles. The van der Waals surface area contributed by atoms with Crippen LogP contribution in [0, 0.1) is 12.7 Å². The van der Waals surface area contributed by atoms with Crippen molar-refractivity contribution >= 4 is 28.9 Å². The van der Waals surface area contributed by atoms with Crippen LogP contribution in [0.4, 0.5) is 10.1 Å². The topological polar surface area (TPSA) is 41.1 Å². The lowest BCUT2D eigenvalue weighted by atomic mass is 10.1. The Labute approximate surface area is 121 Å². The number of aryl methyl sites for hydroxylation is 1. The van der Waals surface area contributed by atoms with E-state index in [-0.39, 0.29) is 16.7 Å². The van der Waals surface area contributed by atoms with Crippen LogP contribution in [-0.4, -0.2) is 11.0 Å². The first-order valence-corrected chi connectivity index (χ1v) is 6.41. The normalized spacial score (nSPS) is 9.90. The maximum atomic E-state index is 13.4. The lowest BCUT2D eigenvalue weighted by molar-refractivity contribution is 0.0977. The number of carbonyl (C=O) groups is 1. The van der Waals surface area contributed by atoms with Gasteiger partial charge in [-0.25, -0.2) is 4.39 Å². The Kier molecular flexibility index (Phi) is 4.42.